The summed E-state index contributed by atoms with van der Waals surface area (Å²) in [5.74, 6) is 0.153. The second-order valence-electron chi connectivity index (χ2n) is 5.07. The number of hydrogen-bond acceptors (Lipinski definition) is 3. The molecule has 0 radical (unpaired) electrons. The maximum atomic E-state index is 10.0. The number of benzene rings is 1. The second-order valence-corrected chi connectivity index (χ2v) is 5.92. The van der Waals surface area contributed by atoms with Gasteiger partial charge in [-0.15, -0.1) is 0 Å². The Hall–Kier alpha value is -0.480. The van der Waals surface area contributed by atoms with Gasteiger partial charge in [-0.3, -0.25) is 4.90 Å². The number of nitrogens with zero attached hydrogens (tertiary/aromatic N) is 1. The average Bonchev–Trinajstić information content (AvgIpc) is 2.38. The molecule has 1 atom stereocenters. The molecule has 2 N–H and O–H groups in total. The van der Waals surface area contributed by atoms with Crippen LogP contribution in [0.25, 0.3) is 0 Å². The first-order valence-corrected chi connectivity index (χ1v) is 7.43. The van der Waals surface area contributed by atoms with Crippen molar-refractivity contribution in [3.63, 3.8) is 0 Å². The number of piperidine rings is 1. The van der Waals surface area contributed by atoms with E-state index >= 15 is 0 Å². The van der Waals surface area contributed by atoms with Gasteiger partial charge in [0.25, 0.3) is 0 Å². The minimum atomic E-state index is 0.153. The molecule has 1 aromatic carbocycles. The molecule has 1 fully saturated rings. The van der Waals surface area contributed by atoms with Crippen molar-refractivity contribution in [3.05, 3.63) is 27.7 Å². The molecular formula is C14H20Cl2N2O. The summed E-state index contributed by atoms with van der Waals surface area (Å²) in [5, 5.41) is 14.2. The van der Waals surface area contributed by atoms with Crippen LogP contribution in [0.2, 0.25) is 10.0 Å². The summed E-state index contributed by atoms with van der Waals surface area (Å²) in [6.45, 7) is 2.71. The van der Waals surface area contributed by atoms with Crippen LogP contribution in [0.15, 0.2) is 12.1 Å². The minimum absolute atomic E-state index is 0.153. The lowest BCUT2D eigenvalue weighted by Gasteiger charge is -2.35. The fraction of sp³-hybridized carbons (Fsp3) is 0.571. The zero-order valence-corrected chi connectivity index (χ0v) is 12.6. The number of likely N-dealkylation sites (N-methyl/N-ethyl adjacent to an activating group) is 1. The van der Waals surface area contributed by atoms with E-state index in [-0.39, 0.29) is 5.75 Å². The first kappa shape index (κ1) is 14.9. The van der Waals surface area contributed by atoms with Crippen molar-refractivity contribution in [1.29, 1.82) is 0 Å². The highest BCUT2D eigenvalue weighted by Gasteiger charge is 2.23. The van der Waals surface area contributed by atoms with Crippen molar-refractivity contribution in [2.24, 2.45) is 0 Å². The van der Waals surface area contributed by atoms with Crippen LogP contribution in [0.4, 0.5) is 0 Å². The molecule has 0 aliphatic carbocycles. The molecule has 0 spiro atoms. The molecule has 0 amide bonds. The molecule has 0 saturated carbocycles. The standard InChI is InChI=1S/C14H20Cl2N2O/c1-17-8-12-4-2-3-5-18(12)9-10-6-11(15)7-13(16)14(10)19/h6-7,12,17,19H,2-5,8-9H2,1H3. The van der Waals surface area contributed by atoms with Crippen LogP contribution < -0.4 is 5.32 Å². The van der Waals surface area contributed by atoms with Gasteiger partial charge in [-0.05, 0) is 38.6 Å². The van der Waals surface area contributed by atoms with Crippen molar-refractivity contribution in [2.45, 2.75) is 31.8 Å². The van der Waals surface area contributed by atoms with Gasteiger partial charge in [0.2, 0.25) is 0 Å². The van der Waals surface area contributed by atoms with Gasteiger partial charge in [0.15, 0.2) is 0 Å². The Morgan fingerprint density at radius 3 is 2.89 bits per heavy atom. The lowest BCUT2D eigenvalue weighted by atomic mass is 10.0. The Labute approximate surface area is 124 Å². The maximum Gasteiger partial charge on any atom is 0.138 e. The fourth-order valence-corrected chi connectivity index (χ4v) is 3.23. The quantitative estimate of drug-likeness (QED) is 0.896. The molecule has 1 unspecified atom stereocenters. The zero-order chi connectivity index (χ0) is 13.8. The molecule has 1 aliphatic rings. The van der Waals surface area contributed by atoms with Crippen molar-refractivity contribution in [2.75, 3.05) is 20.1 Å². The predicted octanol–water partition coefficient (Wildman–Crippen LogP) is 3.27. The Morgan fingerprint density at radius 1 is 1.37 bits per heavy atom. The van der Waals surface area contributed by atoms with Crippen molar-refractivity contribution in [3.8, 4) is 5.75 Å². The first-order valence-electron chi connectivity index (χ1n) is 6.67. The van der Waals surface area contributed by atoms with Gasteiger partial charge in [0.05, 0.1) is 5.02 Å². The van der Waals surface area contributed by atoms with Gasteiger partial charge in [-0.25, -0.2) is 0 Å². The zero-order valence-electron chi connectivity index (χ0n) is 11.1. The van der Waals surface area contributed by atoms with Gasteiger partial charge in [-0.2, -0.15) is 0 Å². The Bertz CT molecular complexity index is 438. The summed E-state index contributed by atoms with van der Waals surface area (Å²) >= 11 is 12.0. The molecule has 0 bridgehead atoms. The molecule has 106 valence electrons. The Balaban J connectivity index is 2.14. The lowest BCUT2D eigenvalue weighted by molar-refractivity contribution is 0.138. The minimum Gasteiger partial charge on any atom is -0.506 e. The number of phenolic OH excluding ortho intramolecular Hbond substituents is 1. The Morgan fingerprint density at radius 2 is 2.16 bits per heavy atom. The number of aromatic hydroxyl groups is 1. The third-order valence-electron chi connectivity index (χ3n) is 3.67. The summed E-state index contributed by atoms with van der Waals surface area (Å²) in [7, 11) is 1.97. The highest BCUT2D eigenvalue weighted by atomic mass is 35.5. The van der Waals surface area contributed by atoms with Gasteiger partial charge in [0, 0.05) is 29.7 Å². The third-order valence-corrected chi connectivity index (χ3v) is 4.18. The van der Waals surface area contributed by atoms with Crippen molar-refractivity contribution in [1.82, 2.24) is 10.2 Å². The van der Waals surface area contributed by atoms with Crippen LogP contribution in [0.3, 0.4) is 0 Å². The van der Waals surface area contributed by atoms with Crippen LogP contribution in [-0.2, 0) is 6.54 Å². The highest BCUT2D eigenvalue weighted by molar-refractivity contribution is 6.35. The number of halogens is 2. The van der Waals surface area contributed by atoms with E-state index in [1.165, 1.54) is 19.3 Å². The van der Waals surface area contributed by atoms with Gasteiger partial charge in [0.1, 0.15) is 5.75 Å². The van der Waals surface area contributed by atoms with E-state index in [2.05, 4.69) is 10.2 Å². The molecule has 1 aliphatic heterocycles. The largest absolute Gasteiger partial charge is 0.506 e. The Kier molecular flexibility index (Phi) is 5.34. The summed E-state index contributed by atoms with van der Waals surface area (Å²) < 4.78 is 0. The van der Waals surface area contributed by atoms with E-state index in [0.717, 1.165) is 18.7 Å². The van der Waals surface area contributed by atoms with E-state index < -0.39 is 0 Å². The highest BCUT2D eigenvalue weighted by Crippen LogP contribution is 2.33. The number of nitrogens with one attached hydrogen (secondary N) is 1. The lowest BCUT2D eigenvalue weighted by Crippen LogP contribution is -2.44. The summed E-state index contributed by atoms with van der Waals surface area (Å²) in [5.41, 5.74) is 0.806. The van der Waals surface area contributed by atoms with Crippen molar-refractivity contribution < 1.29 is 5.11 Å². The molecule has 1 heterocycles. The normalized spacial score (nSPS) is 20.7. The topological polar surface area (TPSA) is 35.5 Å². The smallest absolute Gasteiger partial charge is 0.138 e. The molecule has 5 heteroatoms. The average molecular weight is 303 g/mol. The molecular weight excluding hydrogens is 283 g/mol. The van der Waals surface area contributed by atoms with Gasteiger partial charge < -0.3 is 10.4 Å². The van der Waals surface area contributed by atoms with E-state index in [1.807, 2.05) is 7.05 Å². The predicted molar refractivity (Wildman–Crippen MR) is 80.1 cm³/mol. The fourth-order valence-electron chi connectivity index (χ4n) is 2.69. The number of rotatable bonds is 4. The van der Waals surface area contributed by atoms with Crippen LogP contribution in [0.1, 0.15) is 24.8 Å². The molecule has 1 saturated heterocycles. The van der Waals surface area contributed by atoms with E-state index in [0.29, 0.717) is 22.6 Å². The monoisotopic (exact) mass is 302 g/mol. The van der Waals surface area contributed by atoms with Crippen LogP contribution >= 0.6 is 23.2 Å². The van der Waals surface area contributed by atoms with Crippen LogP contribution in [0.5, 0.6) is 5.75 Å². The number of phenols is 1. The third kappa shape index (κ3) is 3.76. The summed E-state index contributed by atoms with van der Waals surface area (Å²) in [6.07, 6.45) is 3.66. The van der Waals surface area contributed by atoms with Gasteiger partial charge >= 0.3 is 0 Å². The molecule has 2 rings (SSSR count). The van der Waals surface area contributed by atoms with Gasteiger partial charge in [-0.1, -0.05) is 29.6 Å². The SMILES string of the molecule is CNCC1CCCCN1Cc1cc(Cl)cc(Cl)c1O. The van der Waals surface area contributed by atoms with Crippen molar-refractivity contribution >= 4 is 23.2 Å². The molecule has 1 aromatic rings. The number of likely N-dealkylation sites (tertiary alicyclic amines) is 1. The second kappa shape index (κ2) is 6.80. The van der Waals surface area contributed by atoms with Crippen LogP contribution in [-0.4, -0.2) is 36.2 Å². The first-order chi connectivity index (χ1) is 9.11. The molecule has 3 nitrogen and oxygen atoms in total. The van der Waals surface area contributed by atoms with E-state index in [1.54, 1.807) is 12.1 Å². The van der Waals surface area contributed by atoms with Crippen LogP contribution in [0, 0.1) is 0 Å². The molecule has 0 aromatic heterocycles. The number of hydrogen-bond donors (Lipinski definition) is 2. The maximum absolute atomic E-state index is 10.0. The molecule has 19 heavy (non-hydrogen) atoms. The summed E-state index contributed by atoms with van der Waals surface area (Å²) in [6, 6.07) is 3.88. The van der Waals surface area contributed by atoms with E-state index in [9.17, 15) is 5.11 Å². The summed E-state index contributed by atoms with van der Waals surface area (Å²) in [4.78, 5) is 2.39. The van der Waals surface area contributed by atoms with E-state index in [4.69, 9.17) is 23.2 Å².